The summed E-state index contributed by atoms with van der Waals surface area (Å²) in [7, 11) is 0. The Kier molecular flexibility index (Phi) is 2.31. The van der Waals surface area contributed by atoms with Gasteiger partial charge >= 0.3 is 0 Å². The van der Waals surface area contributed by atoms with E-state index in [1.807, 2.05) is 24.3 Å². The fraction of sp³-hybridized carbons (Fsp3) is 0.467. The Hall–Kier alpha value is -1.84. The quantitative estimate of drug-likeness (QED) is 0.837. The van der Waals surface area contributed by atoms with Crippen LogP contribution in [-0.2, 0) is 0 Å². The van der Waals surface area contributed by atoms with Crippen LogP contribution in [0.4, 0.5) is 5.69 Å². The van der Waals surface area contributed by atoms with E-state index >= 15 is 0 Å². The number of hydrogen-bond acceptors (Lipinski definition) is 4. The molecule has 1 aliphatic carbocycles. The Balaban J connectivity index is 1.91. The molecule has 1 aliphatic rings. The van der Waals surface area contributed by atoms with E-state index in [1.54, 1.807) is 0 Å². The molecule has 4 nitrogen and oxygen atoms in total. The first-order valence-corrected chi connectivity index (χ1v) is 6.53. The van der Waals surface area contributed by atoms with E-state index in [0.29, 0.717) is 11.7 Å². The summed E-state index contributed by atoms with van der Waals surface area (Å²) in [4.78, 5) is 4.54. The molecule has 0 bridgehead atoms. The molecule has 19 heavy (non-hydrogen) atoms. The van der Waals surface area contributed by atoms with Crippen molar-refractivity contribution in [2.75, 3.05) is 5.73 Å². The van der Waals surface area contributed by atoms with Crippen LogP contribution in [0.5, 0.6) is 0 Å². The summed E-state index contributed by atoms with van der Waals surface area (Å²) in [5.74, 6) is 1.70. The minimum Gasteiger partial charge on any atom is -0.399 e. The minimum atomic E-state index is 0.206. The molecule has 1 aromatic heterocycles. The fourth-order valence-electron chi connectivity index (χ4n) is 2.92. The van der Waals surface area contributed by atoms with Crippen LogP contribution in [0.15, 0.2) is 28.8 Å². The molecule has 1 saturated carbocycles. The predicted molar refractivity (Wildman–Crippen MR) is 74.4 cm³/mol. The van der Waals surface area contributed by atoms with Gasteiger partial charge in [0.15, 0.2) is 0 Å². The van der Waals surface area contributed by atoms with Crippen molar-refractivity contribution in [3.63, 3.8) is 0 Å². The molecule has 4 heteroatoms. The topological polar surface area (TPSA) is 64.9 Å². The highest BCUT2D eigenvalue weighted by molar-refractivity contribution is 5.58. The van der Waals surface area contributed by atoms with Gasteiger partial charge in [-0.3, -0.25) is 0 Å². The molecule has 0 atom stereocenters. The second-order valence-corrected chi connectivity index (χ2v) is 6.45. The van der Waals surface area contributed by atoms with Crippen LogP contribution < -0.4 is 5.73 Å². The first kappa shape index (κ1) is 12.2. The third kappa shape index (κ3) is 1.66. The van der Waals surface area contributed by atoms with Crippen molar-refractivity contribution in [3.05, 3.63) is 30.2 Å². The molecule has 1 aromatic carbocycles. The highest BCUT2D eigenvalue weighted by Crippen LogP contribution is 2.73. The summed E-state index contributed by atoms with van der Waals surface area (Å²) in [6.07, 6.45) is 0. The SMILES string of the molecule is CC1(C)C(c2nc(-c3ccc(N)cc3)no2)C1(C)C. The molecule has 0 aliphatic heterocycles. The molecule has 0 saturated heterocycles. The lowest BCUT2D eigenvalue weighted by atomic mass is 10.0. The van der Waals surface area contributed by atoms with Crippen LogP contribution in [0.25, 0.3) is 11.4 Å². The number of nitrogens with two attached hydrogens (primary N) is 1. The summed E-state index contributed by atoms with van der Waals surface area (Å²) in [6.45, 7) is 8.96. The van der Waals surface area contributed by atoms with Gasteiger partial charge in [0, 0.05) is 17.2 Å². The van der Waals surface area contributed by atoms with Gasteiger partial charge in [-0.05, 0) is 35.1 Å². The maximum atomic E-state index is 5.68. The van der Waals surface area contributed by atoms with Gasteiger partial charge in [0.1, 0.15) is 0 Å². The van der Waals surface area contributed by atoms with Crippen LogP contribution >= 0.6 is 0 Å². The average Bonchev–Trinajstić information content (AvgIpc) is 2.71. The van der Waals surface area contributed by atoms with Gasteiger partial charge in [-0.25, -0.2) is 0 Å². The van der Waals surface area contributed by atoms with Crippen molar-refractivity contribution in [1.82, 2.24) is 10.1 Å². The van der Waals surface area contributed by atoms with Crippen LogP contribution in [0.3, 0.4) is 0 Å². The standard InChI is InChI=1S/C15H19N3O/c1-14(2)11(15(14,3)4)13-17-12(18-19-13)9-5-7-10(16)8-6-9/h5-8,11H,16H2,1-4H3. The zero-order valence-corrected chi connectivity index (χ0v) is 11.8. The van der Waals surface area contributed by atoms with Crippen molar-refractivity contribution in [1.29, 1.82) is 0 Å². The molecule has 2 N–H and O–H groups in total. The molecule has 0 unspecified atom stereocenters. The molecule has 1 heterocycles. The Morgan fingerprint density at radius 2 is 1.63 bits per heavy atom. The maximum Gasteiger partial charge on any atom is 0.231 e. The van der Waals surface area contributed by atoms with Crippen LogP contribution in [0.1, 0.15) is 39.5 Å². The highest BCUT2D eigenvalue weighted by Gasteiger charge is 2.67. The van der Waals surface area contributed by atoms with Crippen LogP contribution in [-0.4, -0.2) is 10.1 Å². The average molecular weight is 257 g/mol. The van der Waals surface area contributed by atoms with Gasteiger partial charge in [-0.1, -0.05) is 32.9 Å². The van der Waals surface area contributed by atoms with Crippen LogP contribution in [0, 0.1) is 10.8 Å². The normalized spacial score (nSPS) is 20.4. The lowest BCUT2D eigenvalue weighted by molar-refractivity contribution is 0.365. The van der Waals surface area contributed by atoms with E-state index in [-0.39, 0.29) is 10.8 Å². The van der Waals surface area contributed by atoms with E-state index in [0.717, 1.165) is 17.1 Å². The monoisotopic (exact) mass is 257 g/mol. The molecular formula is C15H19N3O. The van der Waals surface area contributed by atoms with E-state index in [4.69, 9.17) is 10.3 Å². The van der Waals surface area contributed by atoms with Crippen molar-refractivity contribution < 1.29 is 4.52 Å². The summed E-state index contributed by atoms with van der Waals surface area (Å²) >= 11 is 0. The number of hydrogen-bond donors (Lipinski definition) is 1. The lowest BCUT2D eigenvalue weighted by Gasteiger charge is -2.03. The third-order valence-electron chi connectivity index (χ3n) is 4.88. The largest absolute Gasteiger partial charge is 0.399 e. The summed E-state index contributed by atoms with van der Waals surface area (Å²) in [5, 5.41) is 4.08. The van der Waals surface area contributed by atoms with Gasteiger partial charge in [0.05, 0.1) is 0 Å². The number of nitrogen functional groups attached to an aromatic ring is 1. The zero-order chi connectivity index (χ0) is 13.8. The number of rotatable bonds is 2. The first-order chi connectivity index (χ1) is 8.84. The van der Waals surface area contributed by atoms with E-state index in [2.05, 4.69) is 37.8 Å². The predicted octanol–water partition coefficient (Wildman–Crippen LogP) is 3.47. The van der Waals surface area contributed by atoms with Crippen molar-refractivity contribution in [2.45, 2.75) is 33.6 Å². The molecule has 100 valence electrons. The summed E-state index contributed by atoms with van der Waals surface area (Å²) < 4.78 is 5.45. The van der Waals surface area contributed by atoms with Gasteiger partial charge < -0.3 is 10.3 Å². The smallest absolute Gasteiger partial charge is 0.231 e. The molecule has 0 radical (unpaired) electrons. The zero-order valence-electron chi connectivity index (χ0n) is 11.8. The summed E-state index contributed by atoms with van der Waals surface area (Å²) in [5.41, 5.74) is 7.75. The second-order valence-electron chi connectivity index (χ2n) is 6.45. The van der Waals surface area contributed by atoms with Gasteiger partial charge in [0.25, 0.3) is 0 Å². The minimum absolute atomic E-state index is 0.206. The Morgan fingerprint density at radius 1 is 1.05 bits per heavy atom. The number of nitrogens with zero attached hydrogens (tertiary/aromatic N) is 2. The van der Waals surface area contributed by atoms with Gasteiger partial charge in [0.2, 0.25) is 11.7 Å². The number of aromatic nitrogens is 2. The number of anilines is 1. The van der Waals surface area contributed by atoms with E-state index in [9.17, 15) is 0 Å². The number of benzene rings is 1. The second kappa shape index (κ2) is 3.59. The highest BCUT2D eigenvalue weighted by atomic mass is 16.5. The third-order valence-corrected chi connectivity index (χ3v) is 4.88. The fourth-order valence-corrected chi connectivity index (χ4v) is 2.92. The van der Waals surface area contributed by atoms with Crippen molar-refractivity contribution in [3.8, 4) is 11.4 Å². The van der Waals surface area contributed by atoms with E-state index in [1.165, 1.54) is 0 Å². The molecule has 0 spiro atoms. The van der Waals surface area contributed by atoms with Gasteiger partial charge in [-0.2, -0.15) is 4.98 Å². The molecule has 3 rings (SSSR count). The summed E-state index contributed by atoms with van der Waals surface area (Å²) in [6, 6.07) is 7.51. The van der Waals surface area contributed by atoms with Gasteiger partial charge in [-0.15, -0.1) is 0 Å². The molecule has 0 amide bonds. The van der Waals surface area contributed by atoms with Crippen molar-refractivity contribution in [2.24, 2.45) is 10.8 Å². The molecule has 2 aromatic rings. The molecular weight excluding hydrogens is 238 g/mol. The van der Waals surface area contributed by atoms with Crippen molar-refractivity contribution >= 4 is 5.69 Å². The Morgan fingerprint density at radius 3 is 2.16 bits per heavy atom. The van der Waals surface area contributed by atoms with Crippen LogP contribution in [0.2, 0.25) is 0 Å². The lowest BCUT2D eigenvalue weighted by Crippen LogP contribution is -1.95. The molecule has 1 fully saturated rings. The first-order valence-electron chi connectivity index (χ1n) is 6.53. The maximum absolute atomic E-state index is 5.68. The Labute approximate surface area is 113 Å². The van der Waals surface area contributed by atoms with E-state index < -0.39 is 0 Å². The Bertz CT molecular complexity index is 597.